The highest BCUT2D eigenvalue weighted by molar-refractivity contribution is 14.0. The van der Waals surface area contributed by atoms with Gasteiger partial charge in [0, 0.05) is 58.7 Å². The highest BCUT2D eigenvalue weighted by Crippen LogP contribution is 2.10. The number of benzene rings is 1. The maximum absolute atomic E-state index is 12.7. The third kappa shape index (κ3) is 6.54. The van der Waals surface area contributed by atoms with Gasteiger partial charge in [-0.05, 0) is 18.6 Å². The molecule has 0 atom stereocenters. The van der Waals surface area contributed by atoms with Crippen molar-refractivity contribution in [3.05, 3.63) is 54.4 Å². The van der Waals surface area contributed by atoms with Crippen LogP contribution in [0.1, 0.15) is 12.5 Å². The van der Waals surface area contributed by atoms with Crippen molar-refractivity contribution in [1.82, 2.24) is 25.1 Å². The Morgan fingerprint density at radius 2 is 1.77 bits per heavy atom. The second-order valence-corrected chi connectivity index (χ2v) is 6.82. The van der Waals surface area contributed by atoms with Crippen LogP contribution in [0.3, 0.4) is 0 Å². The van der Waals surface area contributed by atoms with Crippen LogP contribution in [0.4, 0.5) is 5.95 Å². The molecule has 0 unspecified atom stereocenters. The number of nitrogens with zero attached hydrogens (tertiary/aromatic N) is 6. The monoisotopic (exact) mass is 523 g/mol. The molecule has 8 nitrogen and oxygen atoms in total. The summed E-state index contributed by atoms with van der Waals surface area (Å²) in [5.74, 6) is 1.57. The van der Waals surface area contributed by atoms with Crippen molar-refractivity contribution in [3.8, 4) is 0 Å². The molecule has 0 bridgehead atoms. The van der Waals surface area contributed by atoms with E-state index in [0.717, 1.165) is 43.7 Å². The Bertz CT molecular complexity index is 796. The Kier molecular flexibility index (Phi) is 9.78. The number of aromatic nitrogens is 2. The summed E-state index contributed by atoms with van der Waals surface area (Å²) in [5, 5.41) is 3.23. The second kappa shape index (κ2) is 12.3. The smallest absolute Gasteiger partial charge is 0.242 e. The van der Waals surface area contributed by atoms with Crippen LogP contribution in [-0.4, -0.2) is 78.0 Å². The fourth-order valence-corrected chi connectivity index (χ4v) is 3.35. The summed E-state index contributed by atoms with van der Waals surface area (Å²) in [6, 6.07) is 11.9. The number of hydrogen-bond donors (Lipinski definition) is 1. The molecule has 30 heavy (non-hydrogen) atoms. The van der Waals surface area contributed by atoms with E-state index in [-0.39, 0.29) is 36.4 Å². The molecule has 1 aliphatic heterocycles. The van der Waals surface area contributed by atoms with Crippen molar-refractivity contribution < 1.29 is 4.79 Å². The van der Waals surface area contributed by atoms with Crippen molar-refractivity contribution in [2.45, 2.75) is 13.5 Å². The molecular formula is C21H30IN7O. The molecular weight excluding hydrogens is 493 g/mol. The molecule has 1 aromatic carbocycles. The number of amides is 1. The topological polar surface area (TPSA) is 77.0 Å². The van der Waals surface area contributed by atoms with E-state index in [2.05, 4.69) is 30.1 Å². The molecule has 162 valence electrons. The van der Waals surface area contributed by atoms with Gasteiger partial charge in [-0.15, -0.1) is 24.0 Å². The molecule has 1 amide bonds. The summed E-state index contributed by atoms with van der Waals surface area (Å²) in [6.07, 6.45) is 3.52. The maximum Gasteiger partial charge on any atom is 0.242 e. The van der Waals surface area contributed by atoms with Crippen molar-refractivity contribution >= 4 is 41.8 Å². The average molecular weight is 523 g/mol. The van der Waals surface area contributed by atoms with E-state index in [1.165, 1.54) is 0 Å². The molecule has 9 heteroatoms. The predicted octanol–water partition coefficient (Wildman–Crippen LogP) is 1.84. The van der Waals surface area contributed by atoms with Crippen molar-refractivity contribution in [2.24, 2.45) is 4.99 Å². The zero-order valence-corrected chi connectivity index (χ0v) is 19.9. The Balaban J connectivity index is 0.00000320. The Hall–Kier alpha value is -2.43. The number of nitrogens with one attached hydrogen (secondary N) is 1. The van der Waals surface area contributed by atoms with Crippen LogP contribution in [0, 0.1) is 0 Å². The van der Waals surface area contributed by atoms with Crippen LogP contribution in [-0.2, 0) is 11.3 Å². The molecule has 0 aliphatic carbocycles. The van der Waals surface area contributed by atoms with E-state index < -0.39 is 0 Å². The normalized spacial score (nSPS) is 14.1. The van der Waals surface area contributed by atoms with Gasteiger partial charge in [0.25, 0.3) is 0 Å². The zero-order chi connectivity index (χ0) is 20.5. The van der Waals surface area contributed by atoms with Gasteiger partial charge in [-0.1, -0.05) is 30.3 Å². The minimum absolute atomic E-state index is 0. The molecule has 1 saturated heterocycles. The standard InChI is InChI=1S/C21H29N7O.HI/c1-3-26(17-18-8-5-4-6-9-18)19(29)16-25-20(22-2)27-12-14-28(15-13-27)21-23-10-7-11-24-21;/h4-11H,3,12-17H2,1-2H3,(H,22,25);1H. The number of hydrogen-bond acceptors (Lipinski definition) is 5. The predicted molar refractivity (Wildman–Crippen MR) is 130 cm³/mol. The van der Waals surface area contributed by atoms with Gasteiger partial charge >= 0.3 is 0 Å². The molecule has 0 spiro atoms. The molecule has 0 radical (unpaired) electrons. The number of rotatable bonds is 6. The third-order valence-corrected chi connectivity index (χ3v) is 4.97. The van der Waals surface area contributed by atoms with Gasteiger partial charge < -0.3 is 20.0 Å². The van der Waals surface area contributed by atoms with E-state index in [4.69, 9.17) is 0 Å². The van der Waals surface area contributed by atoms with Gasteiger partial charge in [0.1, 0.15) is 0 Å². The molecule has 0 saturated carbocycles. The van der Waals surface area contributed by atoms with E-state index in [1.54, 1.807) is 19.4 Å². The fourth-order valence-electron chi connectivity index (χ4n) is 3.35. The van der Waals surface area contributed by atoms with E-state index in [9.17, 15) is 4.79 Å². The first-order chi connectivity index (χ1) is 14.2. The molecule has 2 aromatic rings. The van der Waals surface area contributed by atoms with Crippen molar-refractivity contribution in [1.29, 1.82) is 0 Å². The van der Waals surface area contributed by atoms with Crippen molar-refractivity contribution in [2.75, 3.05) is 51.2 Å². The van der Waals surface area contributed by atoms with Gasteiger partial charge in [0.2, 0.25) is 11.9 Å². The molecule has 1 fully saturated rings. The zero-order valence-electron chi connectivity index (χ0n) is 17.6. The number of likely N-dealkylation sites (N-methyl/N-ethyl adjacent to an activating group) is 1. The average Bonchev–Trinajstić information content (AvgIpc) is 2.79. The summed E-state index contributed by atoms with van der Waals surface area (Å²) >= 11 is 0. The lowest BCUT2D eigenvalue weighted by atomic mass is 10.2. The summed E-state index contributed by atoms with van der Waals surface area (Å²) < 4.78 is 0. The lowest BCUT2D eigenvalue weighted by Crippen LogP contribution is -2.54. The van der Waals surface area contributed by atoms with Crippen LogP contribution in [0.25, 0.3) is 0 Å². The number of aliphatic imine (C=N–C) groups is 1. The largest absolute Gasteiger partial charge is 0.347 e. The first kappa shape index (κ1) is 23.8. The number of carbonyl (C=O) groups excluding carboxylic acids is 1. The van der Waals surface area contributed by atoms with E-state index in [0.29, 0.717) is 13.1 Å². The number of halogens is 1. The van der Waals surface area contributed by atoms with Gasteiger partial charge in [-0.25, -0.2) is 9.97 Å². The Morgan fingerprint density at radius 3 is 2.37 bits per heavy atom. The maximum atomic E-state index is 12.7. The third-order valence-electron chi connectivity index (χ3n) is 4.97. The highest BCUT2D eigenvalue weighted by atomic mass is 127. The Morgan fingerprint density at radius 1 is 1.10 bits per heavy atom. The molecule has 1 aliphatic rings. The first-order valence-corrected chi connectivity index (χ1v) is 10.0. The second-order valence-electron chi connectivity index (χ2n) is 6.82. The number of anilines is 1. The van der Waals surface area contributed by atoms with E-state index in [1.807, 2.05) is 48.2 Å². The summed E-state index contributed by atoms with van der Waals surface area (Å²) in [4.78, 5) is 31.9. The summed E-state index contributed by atoms with van der Waals surface area (Å²) in [5.41, 5.74) is 1.13. The number of guanidine groups is 1. The van der Waals surface area contributed by atoms with Gasteiger partial charge in [0.05, 0.1) is 6.54 Å². The lowest BCUT2D eigenvalue weighted by Gasteiger charge is -2.36. The quantitative estimate of drug-likeness (QED) is 0.354. The summed E-state index contributed by atoms with van der Waals surface area (Å²) in [6.45, 7) is 6.74. The minimum atomic E-state index is 0. The first-order valence-electron chi connectivity index (χ1n) is 10.0. The number of piperazine rings is 1. The molecule has 3 rings (SSSR count). The molecule has 1 N–H and O–H groups in total. The molecule has 2 heterocycles. The summed E-state index contributed by atoms with van der Waals surface area (Å²) in [7, 11) is 1.75. The van der Waals surface area contributed by atoms with Gasteiger partial charge in [-0.2, -0.15) is 0 Å². The van der Waals surface area contributed by atoms with Crippen LogP contribution in [0.15, 0.2) is 53.8 Å². The number of carbonyl (C=O) groups is 1. The van der Waals surface area contributed by atoms with Gasteiger partial charge in [0.15, 0.2) is 5.96 Å². The van der Waals surface area contributed by atoms with Crippen LogP contribution < -0.4 is 10.2 Å². The van der Waals surface area contributed by atoms with Crippen molar-refractivity contribution in [3.63, 3.8) is 0 Å². The Labute approximate surface area is 195 Å². The van der Waals surface area contributed by atoms with Crippen LogP contribution in [0.5, 0.6) is 0 Å². The lowest BCUT2D eigenvalue weighted by molar-refractivity contribution is -0.130. The van der Waals surface area contributed by atoms with Crippen LogP contribution >= 0.6 is 24.0 Å². The van der Waals surface area contributed by atoms with Crippen LogP contribution in [0.2, 0.25) is 0 Å². The SMILES string of the molecule is CCN(Cc1ccccc1)C(=O)CNC(=NC)N1CCN(c2ncccn2)CC1.I. The molecule has 1 aromatic heterocycles. The van der Waals surface area contributed by atoms with E-state index >= 15 is 0 Å². The van der Waals surface area contributed by atoms with Gasteiger partial charge in [-0.3, -0.25) is 9.79 Å². The highest BCUT2D eigenvalue weighted by Gasteiger charge is 2.22. The minimum Gasteiger partial charge on any atom is -0.347 e. The fraction of sp³-hybridized carbons (Fsp3) is 0.429.